The van der Waals surface area contributed by atoms with Crippen molar-refractivity contribution in [2.24, 2.45) is 0 Å². The van der Waals surface area contributed by atoms with Crippen molar-refractivity contribution >= 4 is 27.5 Å². The largest absolute Gasteiger partial charge is 0.497 e. The van der Waals surface area contributed by atoms with E-state index in [9.17, 15) is 18.0 Å². The van der Waals surface area contributed by atoms with Gasteiger partial charge in [-0.05, 0) is 43.0 Å². The number of anilines is 1. The number of nitrogens with zero attached hydrogens (tertiary/aromatic N) is 2. The predicted octanol–water partition coefficient (Wildman–Crippen LogP) is 4.80. The lowest BCUT2D eigenvalue weighted by molar-refractivity contribution is -0.141. The van der Waals surface area contributed by atoms with Gasteiger partial charge in [0, 0.05) is 38.0 Å². The van der Waals surface area contributed by atoms with Crippen LogP contribution < -0.4 is 14.4 Å². The first kappa shape index (κ1) is 31.7. The molecular weight excluding hydrogens is 538 g/mol. The summed E-state index contributed by atoms with van der Waals surface area (Å²) in [4.78, 5) is 29.1. The monoisotopic (exact) mass is 579 g/mol. The molecule has 0 saturated heterocycles. The van der Waals surface area contributed by atoms with Crippen LogP contribution in [0.25, 0.3) is 0 Å². The fraction of sp³-hybridized carbons (Fsp3) is 0.375. The average molecular weight is 580 g/mol. The lowest BCUT2D eigenvalue weighted by Crippen LogP contribution is -2.52. The number of amides is 2. The van der Waals surface area contributed by atoms with E-state index in [-0.39, 0.29) is 43.8 Å². The van der Waals surface area contributed by atoms with Gasteiger partial charge in [0.15, 0.2) is 0 Å². The predicted molar refractivity (Wildman–Crippen MR) is 163 cm³/mol. The van der Waals surface area contributed by atoms with E-state index in [2.05, 4.69) is 5.32 Å². The first-order chi connectivity index (χ1) is 19.6. The topological polar surface area (TPSA) is 96.0 Å². The van der Waals surface area contributed by atoms with Crippen molar-refractivity contribution in [2.75, 3.05) is 24.2 Å². The first-order valence-electron chi connectivity index (χ1n) is 13.9. The summed E-state index contributed by atoms with van der Waals surface area (Å²) in [6, 6.07) is 25.3. The summed E-state index contributed by atoms with van der Waals surface area (Å²) >= 11 is 0. The van der Waals surface area contributed by atoms with E-state index in [1.807, 2.05) is 74.5 Å². The summed E-state index contributed by atoms with van der Waals surface area (Å²) in [5.41, 5.74) is 2.32. The van der Waals surface area contributed by atoms with Crippen molar-refractivity contribution in [2.45, 2.75) is 58.2 Å². The highest BCUT2D eigenvalue weighted by Crippen LogP contribution is 2.24. The van der Waals surface area contributed by atoms with Gasteiger partial charge in [-0.3, -0.25) is 13.9 Å². The number of hydrogen-bond donors (Lipinski definition) is 1. The van der Waals surface area contributed by atoms with Crippen LogP contribution in [0.3, 0.4) is 0 Å². The highest BCUT2D eigenvalue weighted by Gasteiger charge is 2.31. The van der Waals surface area contributed by atoms with Gasteiger partial charge < -0.3 is 15.0 Å². The zero-order valence-corrected chi connectivity index (χ0v) is 25.1. The Bertz CT molecular complexity index is 1370. The Morgan fingerprint density at radius 2 is 1.56 bits per heavy atom. The van der Waals surface area contributed by atoms with Crippen molar-refractivity contribution in [3.63, 3.8) is 0 Å². The van der Waals surface area contributed by atoms with Crippen LogP contribution in [-0.2, 0) is 32.6 Å². The van der Waals surface area contributed by atoms with Gasteiger partial charge in [-0.15, -0.1) is 0 Å². The third-order valence-corrected chi connectivity index (χ3v) is 8.16. The quantitative estimate of drug-likeness (QED) is 0.279. The second kappa shape index (κ2) is 15.2. The van der Waals surface area contributed by atoms with Gasteiger partial charge in [-0.1, -0.05) is 73.7 Å². The van der Waals surface area contributed by atoms with Gasteiger partial charge in [0.05, 0.1) is 19.1 Å². The molecule has 0 bridgehead atoms. The number of nitrogens with one attached hydrogen (secondary N) is 1. The number of methoxy groups -OCH3 is 1. The van der Waals surface area contributed by atoms with Crippen LogP contribution in [0.4, 0.5) is 5.69 Å². The van der Waals surface area contributed by atoms with Gasteiger partial charge in [0.2, 0.25) is 21.8 Å². The molecule has 3 aromatic carbocycles. The van der Waals surface area contributed by atoms with Crippen molar-refractivity contribution in [1.29, 1.82) is 0 Å². The molecule has 1 N–H and O–H groups in total. The van der Waals surface area contributed by atoms with E-state index in [4.69, 9.17) is 4.74 Å². The molecule has 2 amide bonds. The SMILES string of the molecule is CC[C@@H](C)NC(=O)[C@@H](Cc1ccccc1)N(Cc1ccccc1)C(=O)CCCN(c1cccc(OC)c1)S(C)(=O)=O. The van der Waals surface area contributed by atoms with Crippen molar-refractivity contribution in [1.82, 2.24) is 10.2 Å². The lowest BCUT2D eigenvalue weighted by atomic mass is 10.0. The number of ether oxygens (including phenoxy) is 1. The van der Waals surface area contributed by atoms with E-state index in [1.54, 1.807) is 29.2 Å². The van der Waals surface area contributed by atoms with Crippen LogP contribution in [0.5, 0.6) is 5.75 Å². The summed E-state index contributed by atoms with van der Waals surface area (Å²) < 4.78 is 31.8. The molecule has 0 aliphatic carbocycles. The molecule has 0 unspecified atom stereocenters. The first-order valence-corrected chi connectivity index (χ1v) is 15.8. The Morgan fingerprint density at radius 1 is 0.927 bits per heavy atom. The molecule has 0 spiro atoms. The van der Waals surface area contributed by atoms with Crippen molar-refractivity contribution < 1.29 is 22.7 Å². The minimum Gasteiger partial charge on any atom is -0.497 e. The van der Waals surface area contributed by atoms with Gasteiger partial charge in [-0.25, -0.2) is 8.42 Å². The van der Waals surface area contributed by atoms with E-state index in [0.29, 0.717) is 17.9 Å². The van der Waals surface area contributed by atoms with Crippen molar-refractivity contribution in [3.05, 3.63) is 96.1 Å². The van der Waals surface area contributed by atoms with E-state index < -0.39 is 16.1 Å². The Labute approximate surface area is 244 Å². The molecule has 3 aromatic rings. The molecule has 0 fully saturated rings. The molecule has 8 nitrogen and oxygen atoms in total. The maximum Gasteiger partial charge on any atom is 0.243 e. The van der Waals surface area contributed by atoms with Gasteiger partial charge in [-0.2, -0.15) is 0 Å². The standard InChI is InChI=1S/C32H41N3O5S/c1-5-25(2)33-32(37)30(22-26-14-8-6-9-15-26)34(24-27-16-10-7-11-17-27)31(36)20-13-21-35(41(4,38)39)28-18-12-19-29(23-28)40-3/h6-12,14-19,23,25,30H,5,13,20-22,24H2,1-4H3,(H,33,37)/t25-,30-/m1/s1. The smallest absolute Gasteiger partial charge is 0.243 e. The fourth-order valence-electron chi connectivity index (χ4n) is 4.54. The Kier molecular flexibility index (Phi) is 11.8. The number of hydrogen-bond acceptors (Lipinski definition) is 5. The summed E-state index contributed by atoms with van der Waals surface area (Å²) in [7, 11) is -2.09. The third kappa shape index (κ3) is 9.63. The average Bonchev–Trinajstić information content (AvgIpc) is 2.97. The molecule has 0 saturated carbocycles. The lowest BCUT2D eigenvalue weighted by Gasteiger charge is -2.32. The van der Waals surface area contributed by atoms with Gasteiger partial charge in [0.25, 0.3) is 0 Å². The summed E-state index contributed by atoms with van der Waals surface area (Å²) in [6.07, 6.45) is 2.62. The number of carbonyl (C=O) groups excluding carboxylic acids is 2. The molecule has 220 valence electrons. The van der Waals surface area contributed by atoms with Gasteiger partial charge >= 0.3 is 0 Å². The second-order valence-corrected chi connectivity index (χ2v) is 12.1. The molecule has 9 heteroatoms. The highest BCUT2D eigenvalue weighted by molar-refractivity contribution is 7.92. The molecule has 0 radical (unpaired) electrons. The molecule has 3 rings (SSSR count). The Balaban J connectivity index is 1.87. The van der Waals surface area contributed by atoms with E-state index in [0.717, 1.165) is 23.8 Å². The molecule has 2 atom stereocenters. The fourth-order valence-corrected chi connectivity index (χ4v) is 5.50. The molecule has 41 heavy (non-hydrogen) atoms. The Hall–Kier alpha value is -3.85. The summed E-state index contributed by atoms with van der Waals surface area (Å²) in [5.74, 6) is 0.118. The van der Waals surface area contributed by atoms with E-state index >= 15 is 0 Å². The van der Waals surface area contributed by atoms with Crippen LogP contribution >= 0.6 is 0 Å². The zero-order valence-electron chi connectivity index (χ0n) is 24.3. The minimum atomic E-state index is -3.61. The van der Waals surface area contributed by atoms with E-state index in [1.165, 1.54) is 11.4 Å². The van der Waals surface area contributed by atoms with Crippen LogP contribution in [0.2, 0.25) is 0 Å². The number of sulfonamides is 1. The van der Waals surface area contributed by atoms with Crippen LogP contribution in [0.15, 0.2) is 84.9 Å². The molecule has 0 heterocycles. The highest BCUT2D eigenvalue weighted by atomic mass is 32.2. The zero-order chi connectivity index (χ0) is 29.8. The minimum absolute atomic E-state index is 0.0411. The summed E-state index contributed by atoms with van der Waals surface area (Å²) in [6.45, 7) is 4.31. The second-order valence-electron chi connectivity index (χ2n) is 10.2. The maximum absolute atomic E-state index is 13.9. The molecule has 0 aromatic heterocycles. The van der Waals surface area contributed by atoms with Crippen LogP contribution in [0, 0.1) is 0 Å². The number of benzene rings is 3. The molecular formula is C32H41N3O5S. The third-order valence-electron chi connectivity index (χ3n) is 6.96. The molecule has 0 aliphatic rings. The number of carbonyl (C=O) groups is 2. The van der Waals surface area contributed by atoms with Crippen LogP contribution in [0.1, 0.15) is 44.2 Å². The number of rotatable bonds is 15. The van der Waals surface area contributed by atoms with Crippen molar-refractivity contribution in [3.8, 4) is 5.75 Å². The molecule has 0 aliphatic heterocycles. The Morgan fingerprint density at radius 3 is 2.15 bits per heavy atom. The van der Waals surface area contributed by atoms with Gasteiger partial charge in [0.1, 0.15) is 11.8 Å². The maximum atomic E-state index is 13.9. The normalized spacial score (nSPS) is 12.7. The summed E-state index contributed by atoms with van der Waals surface area (Å²) in [5, 5.41) is 3.07. The van der Waals surface area contributed by atoms with Crippen LogP contribution in [-0.4, -0.2) is 57.1 Å².